The van der Waals surface area contributed by atoms with Gasteiger partial charge in [-0.1, -0.05) is 27.7 Å². The molecule has 1 heteroatoms. The highest BCUT2D eigenvalue weighted by molar-refractivity contribution is 4.77. The minimum Gasteiger partial charge on any atom is -0.498 e. The Kier molecular flexibility index (Phi) is 6.00. The molecule has 0 atom stereocenters. The first-order chi connectivity index (χ1) is 5.20. The van der Waals surface area contributed by atoms with Gasteiger partial charge in [-0.25, -0.2) is 0 Å². The lowest BCUT2D eigenvalue weighted by Crippen LogP contribution is -2.05. The fourth-order valence-electron chi connectivity index (χ4n) is 0.795. The van der Waals surface area contributed by atoms with E-state index in [9.17, 15) is 0 Å². The minimum absolute atomic E-state index is 0.407. The molecule has 0 fully saturated rings. The summed E-state index contributed by atoms with van der Waals surface area (Å²) in [5.41, 5.74) is 0. The van der Waals surface area contributed by atoms with Gasteiger partial charge in [0.15, 0.2) is 0 Å². The van der Waals surface area contributed by atoms with Crippen LogP contribution in [0, 0.1) is 5.92 Å². The molecule has 0 radical (unpaired) electrons. The average molecular weight is 156 g/mol. The Balaban J connectivity index is 3.49. The second-order valence-electron chi connectivity index (χ2n) is 3.15. The number of allylic oxidation sites excluding steroid dienone is 1. The highest BCUT2D eigenvalue weighted by atomic mass is 16.5. The Bertz CT molecular complexity index is 101. The third-order valence-corrected chi connectivity index (χ3v) is 1.65. The standard InChI is InChI=1S/C10H20O/c1-5-10(6-2)11-8-7-9(3)4/h7-10H,5-6H2,1-4H3/b8-7-. The monoisotopic (exact) mass is 156 g/mol. The maximum Gasteiger partial charge on any atom is 0.0973 e. The Labute approximate surface area is 70.4 Å². The van der Waals surface area contributed by atoms with Crippen molar-refractivity contribution in [3.8, 4) is 0 Å². The lowest BCUT2D eigenvalue weighted by atomic mass is 10.2. The van der Waals surface area contributed by atoms with E-state index in [-0.39, 0.29) is 0 Å². The van der Waals surface area contributed by atoms with Crippen LogP contribution in [0.4, 0.5) is 0 Å². The van der Waals surface area contributed by atoms with E-state index in [1.807, 2.05) is 6.26 Å². The molecule has 0 saturated heterocycles. The van der Waals surface area contributed by atoms with Gasteiger partial charge < -0.3 is 4.74 Å². The Hall–Kier alpha value is -0.460. The highest BCUT2D eigenvalue weighted by Crippen LogP contribution is 2.04. The van der Waals surface area contributed by atoms with E-state index in [2.05, 4.69) is 33.8 Å². The quantitative estimate of drug-likeness (QED) is 0.554. The van der Waals surface area contributed by atoms with Crippen molar-refractivity contribution >= 4 is 0 Å². The summed E-state index contributed by atoms with van der Waals surface area (Å²) in [4.78, 5) is 0. The van der Waals surface area contributed by atoms with Gasteiger partial charge in [0.1, 0.15) is 0 Å². The van der Waals surface area contributed by atoms with E-state index < -0.39 is 0 Å². The van der Waals surface area contributed by atoms with Gasteiger partial charge in [-0.2, -0.15) is 0 Å². The summed E-state index contributed by atoms with van der Waals surface area (Å²) in [7, 11) is 0. The molecular weight excluding hydrogens is 136 g/mol. The summed E-state index contributed by atoms with van der Waals surface area (Å²) in [6.45, 7) is 8.59. The van der Waals surface area contributed by atoms with Crippen LogP contribution in [0.3, 0.4) is 0 Å². The topological polar surface area (TPSA) is 9.23 Å². The molecule has 0 aromatic carbocycles. The Morgan fingerprint density at radius 3 is 2.09 bits per heavy atom. The van der Waals surface area contributed by atoms with Crippen molar-refractivity contribution in [1.82, 2.24) is 0 Å². The van der Waals surface area contributed by atoms with Crippen LogP contribution in [-0.4, -0.2) is 6.10 Å². The third-order valence-electron chi connectivity index (χ3n) is 1.65. The van der Waals surface area contributed by atoms with Crippen molar-refractivity contribution in [1.29, 1.82) is 0 Å². The maximum atomic E-state index is 5.47. The van der Waals surface area contributed by atoms with Crippen LogP contribution in [0.1, 0.15) is 40.5 Å². The molecule has 0 aromatic heterocycles. The second kappa shape index (κ2) is 6.26. The first-order valence-corrected chi connectivity index (χ1v) is 4.52. The largest absolute Gasteiger partial charge is 0.498 e. The second-order valence-corrected chi connectivity index (χ2v) is 3.15. The van der Waals surface area contributed by atoms with Crippen molar-refractivity contribution < 1.29 is 4.74 Å². The molecule has 0 bridgehead atoms. The van der Waals surface area contributed by atoms with E-state index in [1.54, 1.807) is 0 Å². The minimum atomic E-state index is 0.407. The lowest BCUT2D eigenvalue weighted by Gasteiger charge is -2.11. The van der Waals surface area contributed by atoms with Crippen molar-refractivity contribution in [2.45, 2.75) is 46.6 Å². The molecule has 0 saturated carbocycles. The first kappa shape index (κ1) is 10.5. The number of hydrogen-bond donors (Lipinski definition) is 0. The van der Waals surface area contributed by atoms with Crippen LogP contribution in [0.25, 0.3) is 0 Å². The molecule has 0 rings (SSSR count). The van der Waals surface area contributed by atoms with Crippen LogP contribution in [0.5, 0.6) is 0 Å². The molecule has 0 N–H and O–H groups in total. The molecule has 0 aliphatic carbocycles. The smallest absolute Gasteiger partial charge is 0.0973 e. The zero-order valence-corrected chi connectivity index (χ0v) is 8.13. The number of hydrogen-bond acceptors (Lipinski definition) is 1. The molecule has 0 unspecified atom stereocenters. The first-order valence-electron chi connectivity index (χ1n) is 4.52. The number of rotatable bonds is 5. The van der Waals surface area contributed by atoms with Crippen molar-refractivity contribution in [3.63, 3.8) is 0 Å². The van der Waals surface area contributed by atoms with Gasteiger partial charge in [0.25, 0.3) is 0 Å². The molecule has 0 aromatic rings. The van der Waals surface area contributed by atoms with E-state index in [0.29, 0.717) is 12.0 Å². The molecular formula is C10H20O. The predicted molar refractivity (Wildman–Crippen MR) is 49.4 cm³/mol. The molecule has 0 heterocycles. The fraction of sp³-hybridized carbons (Fsp3) is 0.800. The van der Waals surface area contributed by atoms with Crippen molar-refractivity contribution in [2.75, 3.05) is 0 Å². The molecule has 11 heavy (non-hydrogen) atoms. The average Bonchev–Trinajstić information content (AvgIpc) is 1.98. The summed E-state index contributed by atoms with van der Waals surface area (Å²) in [6, 6.07) is 0. The molecule has 0 aliphatic heterocycles. The third kappa shape index (κ3) is 5.96. The van der Waals surface area contributed by atoms with Gasteiger partial charge in [0.2, 0.25) is 0 Å². The molecule has 0 spiro atoms. The molecule has 0 amide bonds. The SMILES string of the molecule is CCC(CC)O/C=C\C(C)C. The normalized spacial score (nSPS) is 11.8. The van der Waals surface area contributed by atoms with Gasteiger partial charge in [0.05, 0.1) is 12.4 Å². The van der Waals surface area contributed by atoms with Crippen LogP contribution in [-0.2, 0) is 4.74 Å². The molecule has 1 nitrogen and oxygen atoms in total. The zero-order valence-electron chi connectivity index (χ0n) is 8.13. The summed E-state index contributed by atoms with van der Waals surface area (Å²) < 4.78 is 5.47. The lowest BCUT2D eigenvalue weighted by molar-refractivity contribution is 0.135. The van der Waals surface area contributed by atoms with Crippen LogP contribution < -0.4 is 0 Å². The summed E-state index contributed by atoms with van der Waals surface area (Å²) in [6.07, 6.45) is 6.52. The highest BCUT2D eigenvalue weighted by Gasteiger charge is 1.99. The van der Waals surface area contributed by atoms with Gasteiger partial charge in [-0.05, 0) is 24.8 Å². The van der Waals surface area contributed by atoms with E-state index in [0.717, 1.165) is 12.8 Å². The predicted octanol–water partition coefficient (Wildman–Crippen LogP) is 3.36. The van der Waals surface area contributed by atoms with Crippen LogP contribution in [0.15, 0.2) is 12.3 Å². The zero-order chi connectivity index (χ0) is 8.69. The van der Waals surface area contributed by atoms with Crippen molar-refractivity contribution in [2.24, 2.45) is 5.92 Å². The van der Waals surface area contributed by atoms with Gasteiger partial charge >= 0.3 is 0 Å². The van der Waals surface area contributed by atoms with Gasteiger partial charge in [-0.15, -0.1) is 0 Å². The maximum absolute atomic E-state index is 5.47. The van der Waals surface area contributed by atoms with Crippen molar-refractivity contribution in [3.05, 3.63) is 12.3 Å². The summed E-state index contributed by atoms with van der Waals surface area (Å²) in [5, 5.41) is 0. The van der Waals surface area contributed by atoms with Crippen LogP contribution >= 0.6 is 0 Å². The number of ether oxygens (including phenoxy) is 1. The van der Waals surface area contributed by atoms with Gasteiger partial charge in [0, 0.05) is 0 Å². The molecule has 66 valence electrons. The summed E-state index contributed by atoms with van der Waals surface area (Å²) >= 11 is 0. The summed E-state index contributed by atoms with van der Waals surface area (Å²) in [5.74, 6) is 0.587. The Morgan fingerprint density at radius 1 is 1.18 bits per heavy atom. The van der Waals surface area contributed by atoms with E-state index >= 15 is 0 Å². The molecule has 0 aliphatic rings. The van der Waals surface area contributed by atoms with E-state index in [1.165, 1.54) is 0 Å². The fourth-order valence-corrected chi connectivity index (χ4v) is 0.795. The van der Waals surface area contributed by atoms with Crippen LogP contribution in [0.2, 0.25) is 0 Å². The van der Waals surface area contributed by atoms with Gasteiger partial charge in [-0.3, -0.25) is 0 Å². The van der Waals surface area contributed by atoms with E-state index in [4.69, 9.17) is 4.74 Å². The Morgan fingerprint density at radius 2 is 1.73 bits per heavy atom.